The summed E-state index contributed by atoms with van der Waals surface area (Å²) in [5.41, 5.74) is 0.960. The van der Waals surface area contributed by atoms with Crippen LogP contribution in [0.5, 0.6) is 11.5 Å². The molecule has 172 valence electrons. The van der Waals surface area contributed by atoms with Crippen LogP contribution in [-0.4, -0.2) is 51.5 Å². The molecule has 11 heteroatoms. The molecule has 3 rings (SSSR count). The van der Waals surface area contributed by atoms with Crippen molar-refractivity contribution >= 4 is 45.0 Å². The standard InChI is InChI=1S/C21H25N3O6S2/c1-14(25)22-15-4-3-5-16(12-15)23-21(26)18(8-11-31-2)24-32(27,28)17-6-7-19-20(13-17)30-10-9-29-19/h3-7,12-13,18,24H,8-11H2,1-2H3,(H,22,25)(H,23,26). The van der Waals surface area contributed by atoms with Crippen molar-refractivity contribution in [2.75, 3.05) is 35.9 Å². The lowest BCUT2D eigenvalue weighted by Crippen LogP contribution is -2.44. The molecule has 2 aromatic rings. The molecule has 0 saturated carbocycles. The fourth-order valence-electron chi connectivity index (χ4n) is 3.03. The van der Waals surface area contributed by atoms with Gasteiger partial charge in [0.1, 0.15) is 19.3 Å². The van der Waals surface area contributed by atoms with Crippen molar-refractivity contribution < 1.29 is 27.5 Å². The van der Waals surface area contributed by atoms with Gasteiger partial charge in [-0.3, -0.25) is 9.59 Å². The van der Waals surface area contributed by atoms with Gasteiger partial charge in [-0.2, -0.15) is 16.5 Å². The SMILES string of the molecule is CSCCC(NS(=O)(=O)c1ccc2c(c1)OCCO2)C(=O)Nc1cccc(NC(C)=O)c1. The van der Waals surface area contributed by atoms with E-state index in [-0.39, 0.29) is 10.8 Å². The summed E-state index contributed by atoms with van der Waals surface area (Å²) in [6.07, 6.45) is 2.17. The Hall–Kier alpha value is -2.76. The highest BCUT2D eigenvalue weighted by atomic mass is 32.2. The van der Waals surface area contributed by atoms with Crippen molar-refractivity contribution in [2.45, 2.75) is 24.3 Å². The number of anilines is 2. The molecule has 32 heavy (non-hydrogen) atoms. The normalized spacial score (nSPS) is 13.8. The number of carbonyl (C=O) groups excluding carboxylic acids is 2. The maximum atomic E-state index is 13.0. The minimum absolute atomic E-state index is 0.0173. The summed E-state index contributed by atoms with van der Waals surface area (Å²) in [4.78, 5) is 24.2. The molecule has 2 amide bonds. The molecule has 1 heterocycles. The van der Waals surface area contributed by atoms with E-state index < -0.39 is 22.0 Å². The lowest BCUT2D eigenvalue weighted by Gasteiger charge is -2.21. The van der Waals surface area contributed by atoms with Gasteiger partial charge in [0, 0.05) is 24.4 Å². The van der Waals surface area contributed by atoms with Gasteiger partial charge in [0.25, 0.3) is 0 Å². The molecule has 0 bridgehead atoms. The second-order valence-corrected chi connectivity index (χ2v) is 9.71. The van der Waals surface area contributed by atoms with Crippen LogP contribution >= 0.6 is 11.8 Å². The van der Waals surface area contributed by atoms with Gasteiger partial charge >= 0.3 is 0 Å². The van der Waals surface area contributed by atoms with Gasteiger partial charge in [-0.1, -0.05) is 6.07 Å². The summed E-state index contributed by atoms with van der Waals surface area (Å²) in [5, 5.41) is 5.36. The van der Waals surface area contributed by atoms with E-state index in [1.165, 1.54) is 36.9 Å². The molecule has 1 aliphatic heterocycles. The topological polar surface area (TPSA) is 123 Å². The molecule has 0 fully saturated rings. The van der Waals surface area contributed by atoms with Crippen molar-refractivity contribution in [3.63, 3.8) is 0 Å². The van der Waals surface area contributed by atoms with E-state index in [0.29, 0.717) is 48.3 Å². The van der Waals surface area contributed by atoms with Crippen LogP contribution in [0.1, 0.15) is 13.3 Å². The Morgan fingerprint density at radius 1 is 1.03 bits per heavy atom. The van der Waals surface area contributed by atoms with E-state index in [1.807, 2.05) is 6.26 Å². The number of carbonyl (C=O) groups is 2. The maximum absolute atomic E-state index is 13.0. The second-order valence-electron chi connectivity index (χ2n) is 7.01. The van der Waals surface area contributed by atoms with Crippen molar-refractivity contribution in [3.8, 4) is 11.5 Å². The van der Waals surface area contributed by atoms with Crippen LogP contribution in [0, 0.1) is 0 Å². The molecular weight excluding hydrogens is 454 g/mol. The number of hydrogen-bond donors (Lipinski definition) is 3. The Morgan fingerprint density at radius 2 is 1.72 bits per heavy atom. The lowest BCUT2D eigenvalue weighted by molar-refractivity contribution is -0.117. The Balaban J connectivity index is 1.77. The second kappa shape index (κ2) is 10.7. The molecule has 2 aromatic carbocycles. The largest absolute Gasteiger partial charge is 0.486 e. The number of fused-ring (bicyclic) bond motifs is 1. The fraction of sp³-hybridized carbons (Fsp3) is 0.333. The van der Waals surface area contributed by atoms with Crippen LogP contribution in [-0.2, 0) is 19.6 Å². The number of ether oxygens (including phenoxy) is 2. The minimum Gasteiger partial charge on any atom is -0.486 e. The zero-order valence-corrected chi connectivity index (χ0v) is 19.3. The summed E-state index contributed by atoms with van der Waals surface area (Å²) < 4.78 is 39.4. The monoisotopic (exact) mass is 479 g/mol. The van der Waals surface area contributed by atoms with E-state index in [9.17, 15) is 18.0 Å². The Labute approximate surface area is 191 Å². The van der Waals surface area contributed by atoms with E-state index in [0.717, 1.165) is 0 Å². The van der Waals surface area contributed by atoms with Gasteiger partial charge in [0.15, 0.2) is 11.5 Å². The van der Waals surface area contributed by atoms with Gasteiger partial charge in [0.05, 0.1) is 4.90 Å². The van der Waals surface area contributed by atoms with Gasteiger partial charge in [-0.05, 0) is 48.8 Å². The number of benzene rings is 2. The smallest absolute Gasteiger partial charge is 0.242 e. The number of sulfonamides is 1. The zero-order chi connectivity index (χ0) is 23.1. The Bertz CT molecular complexity index is 1090. The fourth-order valence-corrected chi connectivity index (χ4v) is 4.75. The molecular formula is C21H25N3O6S2. The Morgan fingerprint density at radius 3 is 2.41 bits per heavy atom. The molecule has 1 atom stereocenters. The zero-order valence-electron chi connectivity index (χ0n) is 17.7. The summed E-state index contributed by atoms with van der Waals surface area (Å²) in [5.74, 6) is 0.664. The van der Waals surface area contributed by atoms with E-state index in [4.69, 9.17) is 9.47 Å². The summed E-state index contributed by atoms with van der Waals surface area (Å²) in [7, 11) is -4.00. The number of amides is 2. The average Bonchev–Trinajstić information content (AvgIpc) is 2.76. The molecule has 1 unspecified atom stereocenters. The molecule has 0 saturated heterocycles. The highest BCUT2D eigenvalue weighted by molar-refractivity contribution is 7.98. The van der Waals surface area contributed by atoms with Crippen LogP contribution in [0.15, 0.2) is 47.4 Å². The van der Waals surface area contributed by atoms with Gasteiger partial charge in [0.2, 0.25) is 21.8 Å². The average molecular weight is 480 g/mol. The molecule has 9 nitrogen and oxygen atoms in total. The molecule has 0 aromatic heterocycles. The number of nitrogens with one attached hydrogen (secondary N) is 3. The third kappa shape index (κ3) is 6.38. The van der Waals surface area contributed by atoms with Crippen molar-refractivity contribution in [2.24, 2.45) is 0 Å². The minimum atomic E-state index is -4.00. The van der Waals surface area contributed by atoms with Crippen LogP contribution in [0.25, 0.3) is 0 Å². The first-order valence-corrected chi connectivity index (χ1v) is 12.8. The third-order valence-electron chi connectivity index (χ3n) is 4.50. The van der Waals surface area contributed by atoms with Crippen molar-refractivity contribution in [1.82, 2.24) is 4.72 Å². The van der Waals surface area contributed by atoms with Crippen molar-refractivity contribution in [3.05, 3.63) is 42.5 Å². The quantitative estimate of drug-likeness (QED) is 0.505. The maximum Gasteiger partial charge on any atom is 0.242 e. The molecule has 0 radical (unpaired) electrons. The molecule has 1 aliphatic rings. The molecule has 0 spiro atoms. The van der Waals surface area contributed by atoms with E-state index in [2.05, 4.69) is 15.4 Å². The van der Waals surface area contributed by atoms with Gasteiger partial charge in [-0.15, -0.1) is 0 Å². The first-order valence-electron chi connectivity index (χ1n) is 9.88. The van der Waals surface area contributed by atoms with Crippen LogP contribution in [0.3, 0.4) is 0 Å². The Kier molecular flexibility index (Phi) is 7.99. The van der Waals surface area contributed by atoms with Crippen LogP contribution < -0.4 is 24.8 Å². The third-order valence-corrected chi connectivity index (χ3v) is 6.61. The number of thioether (sulfide) groups is 1. The van der Waals surface area contributed by atoms with E-state index in [1.54, 1.807) is 24.3 Å². The van der Waals surface area contributed by atoms with Crippen molar-refractivity contribution in [1.29, 1.82) is 0 Å². The first kappa shape index (κ1) is 23.9. The van der Waals surface area contributed by atoms with Crippen LogP contribution in [0.2, 0.25) is 0 Å². The molecule has 0 aliphatic carbocycles. The molecule has 3 N–H and O–H groups in total. The predicted octanol–water partition coefficient (Wildman–Crippen LogP) is 2.45. The highest BCUT2D eigenvalue weighted by Gasteiger charge is 2.27. The van der Waals surface area contributed by atoms with Gasteiger partial charge < -0.3 is 20.1 Å². The lowest BCUT2D eigenvalue weighted by atomic mass is 10.2. The number of rotatable bonds is 9. The summed E-state index contributed by atoms with van der Waals surface area (Å²) in [6, 6.07) is 9.96. The summed E-state index contributed by atoms with van der Waals surface area (Å²) >= 11 is 1.50. The first-order chi connectivity index (χ1) is 15.3. The predicted molar refractivity (Wildman–Crippen MR) is 124 cm³/mol. The van der Waals surface area contributed by atoms with Gasteiger partial charge in [-0.25, -0.2) is 8.42 Å². The van der Waals surface area contributed by atoms with Crippen LogP contribution in [0.4, 0.5) is 11.4 Å². The summed E-state index contributed by atoms with van der Waals surface area (Å²) in [6.45, 7) is 2.12. The van der Waals surface area contributed by atoms with E-state index >= 15 is 0 Å². The number of hydrogen-bond acceptors (Lipinski definition) is 7. The highest BCUT2D eigenvalue weighted by Crippen LogP contribution is 2.32.